The zero-order valence-corrected chi connectivity index (χ0v) is 31.9. The first-order valence-electron chi connectivity index (χ1n) is 16.0. The van der Waals surface area contributed by atoms with Crippen molar-refractivity contribution >= 4 is 26.3 Å². The number of carbonyl (C=O) groups excluding carboxylic acids is 3. The van der Waals surface area contributed by atoms with Crippen LogP contribution in [0.15, 0.2) is 0 Å². The number of carbonyl (C=O) groups is 3. The number of aliphatic hydroxyl groups is 1. The zero-order valence-electron chi connectivity index (χ0n) is 29.9. The van der Waals surface area contributed by atoms with Crippen LogP contribution in [0.25, 0.3) is 0 Å². The number of morpholine rings is 2. The molecule has 0 unspecified atom stereocenters. The molecule has 0 amide bonds. The summed E-state index contributed by atoms with van der Waals surface area (Å²) in [6, 6.07) is -0.232. The minimum absolute atomic E-state index is 0. The summed E-state index contributed by atoms with van der Waals surface area (Å²) in [6.07, 6.45) is 5.96. The number of ether oxygens (including phenoxy) is 2. The van der Waals surface area contributed by atoms with Crippen molar-refractivity contribution in [2.24, 2.45) is 17.6 Å². The smallest absolute Gasteiger partial charge is 0.512 e. The second kappa shape index (κ2) is 39.5. The van der Waals surface area contributed by atoms with E-state index in [2.05, 4.69) is 42.8 Å². The van der Waals surface area contributed by atoms with E-state index in [1.807, 2.05) is 6.92 Å². The second-order valence-electron chi connectivity index (χ2n) is 10.6. The first-order valence-corrected chi connectivity index (χ1v) is 16.0. The van der Waals surface area contributed by atoms with Gasteiger partial charge >= 0.3 is 29.6 Å². The Balaban J connectivity index is -0.000000191. The van der Waals surface area contributed by atoms with Crippen LogP contribution >= 0.6 is 0 Å². The average Bonchev–Trinajstić information content (AvgIpc) is 3.06. The van der Waals surface area contributed by atoms with Gasteiger partial charge in [0.15, 0.2) is 0 Å². The van der Waals surface area contributed by atoms with Gasteiger partial charge in [-0.05, 0) is 51.2 Å². The number of nitrogens with one attached hydrogen (secondary N) is 1. The Morgan fingerprint density at radius 2 is 1.22 bits per heavy atom. The maximum Gasteiger partial charge on any atom is 1.00 e. The Morgan fingerprint density at radius 1 is 0.867 bits per heavy atom. The maximum absolute atomic E-state index is 12.3. The van der Waals surface area contributed by atoms with E-state index in [4.69, 9.17) is 36.9 Å². The fourth-order valence-electron chi connectivity index (χ4n) is 4.58. The van der Waals surface area contributed by atoms with Crippen LogP contribution < -0.4 is 40.6 Å². The molecule has 4 atom stereocenters. The van der Waals surface area contributed by atoms with Gasteiger partial charge in [-0.2, -0.15) is 0 Å². The predicted molar refractivity (Wildman–Crippen MR) is 178 cm³/mol. The van der Waals surface area contributed by atoms with Crippen molar-refractivity contribution in [2.75, 3.05) is 79.4 Å². The molecule has 11 nitrogen and oxygen atoms in total. The van der Waals surface area contributed by atoms with Gasteiger partial charge in [0.25, 0.3) is 0 Å². The number of hydrogen-bond acceptors (Lipinski definition) is 11. The molecule has 13 heteroatoms. The molecule has 257 valence electrons. The van der Waals surface area contributed by atoms with Crippen LogP contribution in [0.2, 0.25) is 0 Å². The number of nitrogens with two attached hydrogens (primary N) is 1. The van der Waals surface area contributed by atoms with Gasteiger partial charge < -0.3 is 42.3 Å². The topological polar surface area (TPSA) is 158 Å². The molecule has 2 saturated heterocycles. The average molecular weight is 649 g/mol. The fraction of sp³-hybridized carbons (Fsp3) is 0.875. The van der Waals surface area contributed by atoms with Crippen molar-refractivity contribution in [2.45, 2.75) is 92.2 Å². The van der Waals surface area contributed by atoms with Crippen molar-refractivity contribution in [3.63, 3.8) is 0 Å². The standard InChI is InChI=1S/C15H30N2O2.C13H26N2O2.C2H4O.CN.CH4O.B.Na/c1-4-13(3)15(16-5-2)14(18)7-6-8-17-9-11-19-12-10-17;1-3-11(2)13(14)12(16)5-4-6-15-7-9-17-10-8-15;1-2-3;2*1-2;;/h13,15-16H,4-12H2,1-3H3;11,13H,3-10,14H2,1-2H3;2H,1H3;;2H,1H3;;/q;;;-1;;;+1/t13-,15-;11-,13-;;;;;/m00...../s1. The molecule has 0 aliphatic carbocycles. The molecule has 2 rings (SSSR count). The van der Waals surface area contributed by atoms with Crippen molar-refractivity contribution in [3.8, 4) is 0 Å². The normalized spacial score (nSPS) is 17.0. The van der Waals surface area contributed by atoms with Crippen LogP contribution in [0.1, 0.15) is 80.1 Å². The molecule has 4 N–H and O–H groups in total. The number of Topliss-reactive ketones (excluding diaryl/α,β-unsaturated/α-hetero) is 2. The maximum atomic E-state index is 12.3. The number of likely N-dealkylation sites (N-methyl/N-ethyl adjacent to an activating group) is 1. The van der Waals surface area contributed by atoms with Gasteiger partial charge in [-0.15, -0.1) is 0 Å². The summed E-state index contributed by atoms with van der Waals surface area (Å²) in [6.45, 7) is 26.9. The Hall–Kier alpha value is -0.715. The predicted octanol–water partition coefficient (Wildman–Crippen LogP) is -0.733. The molecule has 0 aromatic heterocycles. The molecule has 0 bridgehead atoms. The van der Waals surface area contributed by atoms with Crippen LogP contribution in [-0.2, 0) is 23.9 Å². The van der Waals surface area contributed by atoms with Gasteiger partial charge in [0.05, 0.1) is 38.5 Å². The van der Waals surface area contributed by atoms with Crippen LogP contribution in [0.3, 0.4) is 0 Å². The number of rotatable bonds is 16. The molecule has 0 spiro atoms. The monoisotopic (exact) mass is 648 g/mol. The summed E-state index contributed by atoms with van der Waals surface area (Å²) in [5, 5.41) is 16.6. The summed E-state index contributed by atoms with van der Waals surface area (Å²) in [7, 11) is 1.00. The third kappa shape index (κ3) is 29.2. The first-order chi connectivity index (χ1) is 20.7. The fourth-order valence-corrected chi connectivity index (χ4v) is 4.58. The number of nitrogens with zero attached hydrogens (tertiary/aromatic N) is 3. The molecule has 2 aliphatic rings. The van der Waals surface area contributed by atoms with Gasteiger partial charge in [0.2, 0.25) is 0 Å². The molecule has 45 heavy (non-hydrogen) atoms. The molecular formula is C32H64BN5NaO6. The third-order valence-corrected chi connectivity index (χ3v) is 7.62. The molecule has 2 fully saturated rings. The quantitative estimate of drug-likeness (QED) is 0.110. The van der Waals surface area contributed by atoms with Crippen molar-refractivity contribution in [1.29, 1.82) is 5.26 Å². The largest absolute Gasteiger partial charge is 1.00 e. The van der Waals surface area contributed by atoms with Gasteiger partial charge in [0.1, 0.15) is 17.9 Å². The molecule has 0 saturated carbocycles. The van der Waals surface area contributed by atoms with E-state index in [9.17, 15) is 9.59 Å². The number of ketones is 2. The van der Waals surface area contributed by atoms with Crippen LogP contribution in [0.5, 0.6) is 0 Å². The summed E-state index contributed by atoms with van der Waals surface area (Å²) < 4.78 is 10.6. The van der Waals surface area contributed by atoms with Gasteiger partial charge in [-0.3, -0.25) is 19.4 Å². The molecule has 2 aliphatic heterocycles. The Kier molecular flexibility index (Phi) is 47.1. The van der Waals surface area contributed by atoms with E-state index in [0.29, 0.717) is 30.5 Å². The van der Waals surface area contributed by atoms with Crippen LogP contribution in [0.4, 0.5) is 0 Å². The Bertz CT molecular complexity index is 684. The summed E-state index contributed by atoms with van der Waals surface area (Å²) in [5.74, 6) is 1.32. The molecule has 2 heterocycles. The Labute approximate surface area is 299 Å². The third-order valence-electron chi connectivity index (χ3n) is 7.62. The van der Waals surface area contributed by atoms with E-state index in [0.717, 1.165) is 111 Å². The first kappa shape index (κ1) is 53.8. The van der Waals surface area contributed by atoms with Crippen molar-refractivity contribution < 1.29 is 58.5 Å². The van der Waals surface area contributed by atoms with E-state index in [1.165, 1.54) is 6.92 Å². The van der Waals surface area contributed by atoms with Crippen LogP contribution in [-0.4, -0.2) is 133 Å². The van der Waals surface area contributed by atoms with Gasteiger partial charge in [-0.25, -0.2) is 0 Å². The Morgan fingerprint density at radius 3 is 1.56 bits per heavy atom. The SMILES string of the molecule is CC=O.CCN[C@H](C(=O)CCCN1CCOCC1)[C@@H](C)CC.CC[C@H](C)[C@H](N)C(=O)CCCN1CCOCC1.CO.[B].[C-]#N.[Na+]. The molecule has 0 aromatic rings. The van der Waals surface area contributed by atoms with E-state index >= 15 is 0 Å². The molecule has 3 radical (unpaired) electrons. The minimum Gasteiger partial charge on any atom is -0.512 e. The molecule has 0 aromatic carbocycles. The van der Waals surface area contributed by atoms with Crippen molar-refractivity contribution in [3.05, 3.63) is 6.57 Å². The number of aldehydes is 1. The zero-order chi connectivity index (χ0) is 33.5. The number of aliphatic hydroxyl groups excluding tert-OH is 1. The second-order valence-corrected chi connectivity index (χ2v) is 10.6. The van der Waals surface area contributed by atoms with Gasteiger partial charge in [-0.1, -0.05) is 47.5 Å². The van der Waals surface area contributed by atoms with E-state index < -0.39 is 0 Å². The van der Waals surface area contributed by atoms with Crippen molar-refractivity contribution in [1.82, 2.24) is 15.1 Å². The van der Waals surface area contributed by atoms with Crippen LogP contribution in [0, 0.1) is 23.7 Å². The molecular weight excluding hydrogens is 584 g/mol. The van der Waals surface area contributed by atoms with Gasteiger partial charge in [0, 0.05) is 54.5 Å². The summed E-state index contributed by atoms with van der Waals surface area (Å²) in [5.41, 5.74) is 5.91. The summed E-state index contributed by atoms with van der Waals surface area (Å²) in [4.78, 5) is 37.6. The summed E-state index contributed by atoms with van der Waals surface area (Å²) >= 11 is 0. The minimum atomic E-state index is -0.273. The van der Waals surface area contributed by atoms with E-state index in [-0.39, 0.29) is 55.8 Å². The number of hydrogen-bond donors (Lipinski definition) is 3. The van der Waals surface area contributed by atoms with E-state index in [1.54, 1.807) is 0 Å².